The fraction of sp³-hybridized carbons (Fsp3) is 0.429. The number of carbonyl (C=O) groups excluding carboxylic acids is 2. The van der Waals surface area contributed by atoms with Crippen LogP contribution in [0.2, 0.25) is 5.02 Å². The maximum Gasteiger partial charge on any atom is 0.341 e. The molecule has 0 saturated carbocycles. The predicted molar refractivity (Wildman–Crippen MR) is 113 cm³/mol. The van der Waals surface area contributed by atoms with E-state index in [4.69, 9.17) is 25.8 Å². The molecule has 0 unspecified atom stereocenters. The van der Waals surface area contributed by atoms with Crippen LogP contribution in [0, 0.1) is 6.92 Å². The largest absolute Gasteiger partial charge is 0.483 e. The number of amides is 1. The third-order valence-corrected chi connectivity index (χ3v) is 5.87. The van der Waals surface area contributed by atoms with Gasteiger partial charge in [-0.15, -0.1) is 11.3 Å². The maximum atomic E-state index is 12.6. The van der Waals surface area contributed by atoms with E-state index >= 15 is 0 Å². The Morgan fingerprint density at radius 3 is 2.79 bits per heavy atom. The van der Waals surface area contributed by atoms with Gasteiger partial charge in [0.25, 0.3) is 5.91 Å². The van der Waals surface area contributed by atoms with Crippen LogP contribution in [0.15, 0.2) is 18.2 Å². The van der Waals surface area contributed by atoms with Crippen molar-refractivity contribution in [1.29, 1.82) is 0 Å². The fourth-order valence-electron chi connectivity index (χ4n) is 3.14. The number of fused-ring (bicyclic) bond motifs is 1. The molecule has 6 nitrogen and oxygen atoms in total. The quantitative estimate of drug-likeness (QED) is 0.660. The summed E-state index contributed by atoms with van der Waals surface area (Å²) in [7, 11) is 0. The van der Waals surface area contributed by atoms with E-state index < -0.39 is 5.97 Å². The molecule has 0 aliphatic carbocycles. The number of nitrogens with one attached hydrogen (secondary N) is 1. The van der Waals surface area contributed by atoms with Crippen molar-refractivity contribution in [2.75, 3.05) is 18.5 Å². The van der Waals surface area contributed by atoms with Gasteiger partial charge in [0.05, 0.1) is 24.4 Å². The second-order valence-electron chi connectivity index (χ2n) is 7.40. The second-order valence-corrected chi connectivity index (χ2v) is 8.94. The molecule has 0 atom stereocenters. The number of benzene rings is 1. The summed E-state index contributed by atoms with van der Waals surface area (Å²) in [6.07, 6.45) is 0.573. The van der Waals surface area contributed by atoms with Crippen molar-refractivity contribution in [3.8, 4) is 5.75 Å². The molecule has 0 bridgehead atoms. The monoisotopic (exact) mass is 437 g/mol. The van der Waals surface area contributed by atoms with Crippen LogP contribution < -0.4 is 10.1 Å². The van der Waals surface area contributed by atoms with Crippen molar-refractivity contribution in [3.63, 3.8) is 0 Å². The molecule has 3 rings (SSSR count). The van der Waals surface area contributed by atoms with Gasteiger partial charge in [0.2, 0.25) is 0 Å². The van der Waals surface area contributed by atoms with Gasteiger partial charge in [-0.1, -0.05) is 11.6 Å². The molecular weight excluding hydrogens is 414 g/mol. The van der Waals surface area contributed by atoms with Crippen molar-refractivity contribution in [1.82, 2.24) is 0 Å². The Morgan fingerprint density at radius 2 is 2.10 bits per heavy atom. The van der Waals surface area contributed by atoms with Crippen molar-refractivity contribution in [2.24, 2.45) is 0 Å². The van der Waals surface area contributed by atoms with Gasteiger partial charge in [0.15, 0.2) is 6.61 Å². The highest BCUT2D eigenvalue weighted by Crippen LogP contribution is 2.40. The first-order valence-electron chi connectivity index (χ1n) is 9.34. The third kappa shape index (κ3) is 5.10. The summed E-state index contributed by atoms with van der Waals surface area (Å²) in [6, 6.07) is 5.19. The predicted octanol–water partition coefficient (Wildman–Crippen LogP) is 4.76. The first kappa shape index (κ1) is 21.6. The third-order valence-electron chi connectivity index (χ3n) is 4.52. The van der Waals surface area contributed by atoms with E-state index in [9.17, 15) is 9.59 Å². The van der Waals surface area contributed by atoms with E-state index in [0.29, 0.717) is 34.4 Å². The summed E-state index contributed by atoms with van der Waals surface area (Å²) < 4.78 is 16.7. The van der Waals surface area contributed by atoms with Gasteiger partial charge in [-0.25, -0.2) is 4.79 Å². The van der Waals surface area contributed by atoms with Gasteiger partial charge in [0, 0.05) is 16.3 Å². The molecule has 29 heavy (non-hydrogen) atoms. The summed E-state index contributed by atoms with van der Waals surface area (Å²) in [4.78, 5) is 26.0. The number of ether oxygens (including phenoxy) is 3. The van der Waals surface area contributed by atoms with E-state index in [1.54, 1.807) is 25.1 Å². The molecule has 2 heterocycles. The van der Waals surface area contributed by atoms with Crippen LogP contribution in [0.1, 0.15) is 47.1 Å². The molecule has 0 saturated heterocycles. The van der Waals surface area contributed by atoms with Crippen molar-refractivity contribution >= 4 is 39.8 Å². The average Bonchev–Trinajstić information content (AvgIpc) is 2.97. The van der Waals surface area contributed by atoms with Crippen LogP contribution in [0.4, 0.5) is 5.00 Å². The smallest absolute Gasteiger partial charge is 0.341 e. The van der Waals surface area contributed by atoms with Crippen LogP contribution >= 0.6 is 22.9 Å². The van der Waals surface area contributed by atoms with E-state index in [-0.39, 0.29) is 24.7 Å². The Kier molecular flexibility index (Phi) is 6.51. The number of anilines is 1. The summed E-state index contributed by atoms with van der Waals surface area (Å²) in [5, 5.41) is 3.88. The van der Waals surface area contributed by atoms with Crippen LogP contribution in [0.25, 0.3) is 0 Å². The molecule has 0 fully saturated rings. The summed E-state index contributed by atoms with van der Waals surface area (Å²) in [5.74, 6) is -0.216. The highest BCUT2D eigenvalue weighted by Gasteiger charge is 2.34. The topological polar surface area (TPSA) is 73.9 Å². The Balaban J connectivity index is 1.78. The minimum absolute atomic E-state index is 0.185. The molecule has 0 radical (unpaired) electrons. The SMILES string of the molecule is CCOC(=O)c1c(NC(=O)COc2ccc(Cl)cc2C)sc2c1CC(C)(C)OC2. The van der Waals surface area contributed by atoms with Crippen LogP contribution in [0.5, 0.6) is 5.75 Å². The molecule has 1 aromatic carbocycles. The number of carbonyl (C=O) groups is 2. The number of halogens is 1. The standard InChI is InChI=1S/C21H24ClNO5S/c1-5-26-20(25)18-14-9-21(3,4)28-10-16(14)29-19(18)23-17(24)11-27-15-7-6-13(22)8-12(15)2/h6-8H,5,9-11H2,1-4H3,(H,23,24). The van der Waals surface area contributed by atoms with Crippen molar-refractivity contribution in [3.05, 3.63) is 44.8 Å². The zero-order valence-corrected chi connectivity index (χ0v) is 18.5. The molecule has 1 aliphatic rings. The fourth-order valence-corrected chi connectivity index (χ4v) is 4.50. The number of thiophene rings is 1. The Bertz CT molecular complexity index is 937. The van der Waals surface area contributed by atoms with E-state index in [1.807, 2.05) is 20.8 Å². The summed E-state index contributed by atoms with van der Waals surface area (Å²) in [6.45, 7) is 8.03. The molecule has 8 heteroatoms. The lowest BCUT2D eigenvalue weighted by atomic mass is 9.93. The van der Waals surface area contributed by atoms with Gasteiger partial charge in [-0.3, -0.25) is 4.79 Å². The van der Waals surface area contributed by atoms with Gasteiger partial charge >= 0.3 is 5.97 Å². The molecule has 1 N–H and O–H groups in total. The Morgan fingerprint density at radius 1 is 1.34 bits per heavy atom. The van der Waals surface area contributed by atoms with Crippen molar-refractivity contribution in [2.45, 2.75) is 46.3 Å². The van der Waals surface area contributed by atoms with Gasteiger partial charge in [-0.05, 0) is 57.0 Å². The first-order valence-corrected chi connectivity index (χ1v) is 10.5. The summed E-state index contributed by atoms with van der Waals surface area (Å²) in [5.41, 5.74) is 1.75. The van der Waals surface area contributed by atoms with Crippen LogP contribution in [-0.2, 0) is 27.3 Å². The molecule has 1 aliphatic heterocycles. The molecule has 2 aromatic rings. The minimum atomic E-state index is -0.438. The zero-order valence-electron chi connectivity index (χ0n) is 16.9. The minimum Gasteiger partial charge on any atom is -0.483 e. The van der Waals surface area contributed by atoms with Crippen LogP contribution in [-0.4, -0.2) is 30.7 Å². The zero-order chi connectivity index (χ0) is 21.2. The number of hydrogen-bond donors (Lipinski definition) is 1. The summed E-state index contributed by atoms with van der Waals surface area (Å²) >= 11 is 7.28. The molecule has 156 valence electrons. The Labute approximate surface area is 179 Å². The normalized spacial score (nSPS) is 14.8. The Hall–Kier alpha value is -2.09. The number of esters is 1. The van der Waals surface area contributed by atoms with Crippen LogP contribution in [0.3, 0.4) is 0 Å². The van der Waals surface area contributed by atoms with E-state index in [2.05, 4.69) is 5.32 Å². The van der Waals surface area contributed by atoms with Gasteiger partial charge in [0.1, 0.15) is 10.8 Å². The average molecular weight is 438 g/mol. The van der Waals surface area contributed by atoms with Crippen molar-refractivity contribution < 1.29 is 23.8 Å². The lowest BCUT2D eigenvalue weighted by Crippen LogP contribution is -2.32. The number of aryl methyl sites for hydroxylation is 1. The highest BCUT2D eigenvalue weighted by atomic mass is 35.5. The van der Waals surface area contributed by atoms with Gasteiger partial charge < -0.3 is 19.5 Å². The second kappa shape index (κ2) is 8.73. The molecule has 0 spiro atoms. The molecule has 1 amide bonds. The van der Waals surface area contributed by atoms with E-state index in [1.165, 1.54) is 11.3 Å². The maximum absolute atomic E-state index is 12.6. The molecular formula is C21H24ClNO5S. The highest BCUT2D eigenvalue weighted by molar-refractivity contribution is 7.17. The van der Waals surface area contributed by atoms with E-state index in [0.717, 1.165) is 16.0 Å². The number of hydrogen-bond acceptors (Lipinski definition) is 6. The lowest BCUT2D eigenvalue weighted by Gasteiger charge is -2.30. The number of rotatable bonds is 6. The lowest BCUT2D eigenvalue weighted by molar-refractivity contribution is -0.118. The first-order chi connectivity index (χ1) is 13.7. The van der Waals surface area contributed by atoms with Gasteiger partial charge in [-0.2, -0.15) is 0 Å². The molecule has 1 aromatic heterocycles.